The van der Waals surface area contributed by atoms with Gasteiger partial charge in [-0.15, -0.1) is 0 Å². The third-order valence-corrected chi connectivity index (χ3v) is 6.04. The van der Waals surface area contributed by atoms with Crippen molar-refractivity contribution in [3.8, 4) is 46.0 Å². The van der Waals surface area contributed by atoms with Gasteiger partial charge in [-0.3, -0.25) is 0 Å². The van der Waals surface area contributed by atoms with Gasteiger partial charge in [-0.25, -0.2) is 0 Å². The molecule has 267 valence electrons. The third kappa shape index (κ3) is 22.0. The number of benzene rings is 4. The normalized spacial score (nSPS) is 12.2. The average Bonchev–Trinajstić information content (AvgIpc) is 3.09. The zero-order valence-corrected chi connectivity index (χ0v) is 33.5. The number of hydrogen-bond donors (Lipinski definition) is 7. The molecule has 4 rings (SSSR count). The van der Waals surface area contributed by atoms with Gasteiger partial charge in [-0.1, -0.05) is 6.92 Å². The van der Waals surface area contributed by atoms with Crippen LogP contribution < -0.4 is 18.9 Å². The van der Waals surface area contributed by atoms with Gasteiger partial charge in [0.05, 0.1) is 25.9 Å². The van der Waals surface area contributed by atoms with E-state index in [1.807, 2.05) is 6.92 Å². The molecule has 0 fully saturated rings. The van der Waals surface area contributed by atoms with Crippen molar-refractivity contribution in [1.29, 1.82) is 0 Å². The number of rotatable bonds is 12. The fourth-order valence-electron chi connectivity index (χ4n) is 3.22. The zero-order valence-electron chi connectivity index (χ0n) is 28.7. The Bertz CT molecular complexity index is 1140. The summed E-state index contributed by atoms with van der Waals surface area (Å²) in [4.78, 5) is 0. The summed E-state index contributed by atoms with van der Waals surface area (Å²) in [5.74, 6) is 3.64. The van der Waals surface area contributed by atoms with Gasteiger partial charge in [0.2, 0.25) is 0 Å². The van der Waals surface area contributed by atoms with Crippen LogP contribution in [0.1, 0.15) is 41.0 Å². The molecule has 0 amide bonds. The number of ether oxygens (including phenoxy) is 4. The van der Waals surface area contributed by atoms with Crippen molar-refractivity contribution < 1.29 is 98.8 Å². The molecule has 11 nitrogen and oxygen atoms in total. The fraction of sp³-hybridized carbons (Fsp3) is 0.351. The first-order valence-corrected chi connectivity index (χ1v) is 15.5. The molecule has 49 heavy (non-hydrogen) atoms. The summed E-state index contributed by atoms with van der Waals surface area (Å²) < 4.78 is 21.3. The number of aliphatic hydroxyl groups excluding tert-OH is 3. The van der Waals surface area contributed by atoms with Crippen LogP contribution in [-0.2, 0) is 0 Å². The molecule has 0 saturated heterocycles. The molecule has 0 spiro atoms. The van der Waals surface area contributed by atoms with Gasteiger partial charge in [0.25, 0.3) is 0 Å². The Hall–Kier alpha value is -3.40. The largest absolute Gasteiger partial charge is 0.508 e. The van der Waals surface area contributed by atoms with E-state index in [0.29, 0.717) is 17.2 Å². The summed E-state index contributed by atoms with van der Waals surface area (Å²) in [5, 5.41) is 61.9. The molecule has 0 saturated carbocycles. The summed E-state index contributed by atoms with van der Waals surface area (Å²) in [7, 11) is 0. The average molecular weight is 898 g/mol. The van der Waals surface area contributed by atoms with Gasteiger partial charge in [0, 0.05) is 44.1 Å². The first kappa shape index (κ1) is 45.6. The van der Waals surface area contributed by atoms with Crippen LogP contribution in [-0.4, -0.2) is 80.0 Å². The Kier molecular flexibility index (Phi) is 24.6. The van der Waals surface area contributed by atoms with Crippen LogP contribution in [0.15, 0.2) is 97.1 Å². The van der Waals surface area contributed by atoms with E-state index in [1.165, 1.54) is 0 Å². The quantitative estimate of drug-likeness (QED) is 0.0885. The van der Waals surface area contributed by atoms with E-state index in [1.54, 1.807) is 118 Å². The molecule has 0 aliphatic heterocycles. The predicted molar refractivity (Wildman–Crippen MR) is 184 cm³/mol. The third-order valence-electron chi connectivity index (χ3n) is 6.04. The predicted octanol–water partition coefficient (Wildman–Crippen LogP) is 6.02. The molecular formula is C37H50AcO11. The summed E-state index contributed by atoms with van der Waals surface area (Å²) in [5.41, 5.74) is 0. The summed E-state index contributed by atoms with van der Waals surface area (Å²) in [6.07, 6.45) is 0.578. The Labute approximate surface area is 324 Å². The van der Waals surface area contributed by atoms with E-state index in [9.17, 15) is 0 Å². The number of aromatic hydroxyl groups is 4. The molecule has 4 aromatic rings. The van der Waals surface area contributed by atoms with E-state index in [4.69, 9.17) is 54.7 Å². The van der Waals surface area contributed by atoms with Gasteiger partial charge in [-0.05, 0) is 131 Å². The standard InChI is InChI=1S/C10H14O2.3C9H12O3.Ac/c1-3-8(2)12-10-6-4-9(11)5-7-10;3*1-7(6-10)12-9-4-2-8(11)3-5-9;/h4-8,11H,3H2,1-2H3;3*2-5,7,10-11H,6H2,1H3;. The zero-order chi connectivity index (χ0) is 35.9. The van der Waals surface area contributed by atoms with E-state index in [0.717, 1.165) is 12.2 Å². The van der Waals surface area contributed by atoms with Crippen molar-refractivity contribution in [2.75, 3.05) is 19.8 Å². The van der Waals surface area contributed by atoms with Gasteiger partial charge < -0.3 is 54.7 Å². The van der Waals surface area contributed by atoms with Gasteiger partial charge in [0.15, 0.2) is 0 Å². The van der Waals surface area contributed by atoms with Crippen LogP contribution in [0.4, 0.5) is 0 Å². The first-order chi connectivity index (χ1) is 22.9. The van der Waals surface area contributed by atoms with Crippen LogP contribution in [0.5, 0.6) is 46.0 Å². The molecular weight excluding hydrogens is 847 g/mol. The molecule has 4 aromatic carbocycles. The minimum Gasteiger partial charge on any atom is -0.508 e. The fourth-order valence-corrected chi connectivity index (χ4v) is 3.22. The SMILES string of the molecule is CC(CO)Oc1ccc(O)cc1.CC(CO)Oc1ccc(O)cc1.CC(CO)Oc1ccc(O)cc1.CCC(C)Oc1ccc(O)cc1.[Ac]. The van der Waals surface area contributed by atoms with Crippen LogP contribution in [0.25, 0.3) is 0 Å². The second-order valence-electron chi connectivity index (χ2n) is 10.6. The van der Waals surface area contributed by atoms with Crippen molar-refractivity contribution in [2.45, 2.75) is 65.5 Å². The molecule has 4 atom stereocenters. The Morgan fingerprint density at radius 3 is 0.735 bits per heavy atom. The van der Waals surface area contributed by atoms with Gasteiger partial charge in [-0.2, -0.15) is 0 Å². The van der Waals surface area contributed by atoms with Crippen molar-refractivity contribution in [1.82, 2.24) is 0 Å². The topological polar surface area (TPSA) is 179 Å². The van der Waals surface area contributed by atoms with Crippen molar-refractivity contribution in [2.24, 2.45) is 0 Å². The maximum absolute atomic E-state index is 8.99. The maximum Gasteiger partial charge on any atom is 0.120 e. The Morgan fingerprint density at radius 2 is 0.571 bits per heavy atom. The summed E-state index contributed by atoms with van der Waals surface area (Å²) in [6, 6.07) is 25.9. The molecule has 0 heterocycles. The number of phenols is 4. The van der Waals surface area contributed by atoms with Crippen molar-refractivity contribution >= 4 is 0 Å². The second-order valence-corrected chi connectivity index (χ2v) is 10.6. The van der Waals surface area contributed by atoms with Crippen LogP contribution in [0.2, 0.25) is 0 Å². The minimum atomic E-state index is -0.213. The smallest absolute Gasteiger partial charge is 0.120 e. The molecule has 4 unspecified atom stereocenters. The number of phenolic OH excluding ortho intramolecular Hbond substituents is 4. The molecule has 0 aliphatic carbocycles. The summed E-state index contributed by atoms with van der Waals surface area (Å²) in [6.45, 7) is 9.37. The van der Waals surface area contributed by atoms with Gasteiger partial charge in [0.1, 0.15) is 64.3 Å². The van der Waals surface area contributed by atoms with Crippen LogP contribution in [0.3, 0.4) is 0 Å². The van der Waals surface area contributed by atoms with Crippen LogP contribution in [0, 0.1) is 44.1 Å². The molecule has 0 bridgehead atoms. The number of hydrogen-bond acceptors (Lipinski definition) is 11. The molecule has 1 radical (unpaired) electrons. The Balaban J connectivity index is 0.000000623. The van der Waals surface area contributed by atoms with E-state index < -0.39 is 0 Å². The second kappa shape index (κ2) is 26.5. The summed E-state index contributed by atoms with van der Waals surface area (Å²) >= 11 is 0. The van der Waals surface area contributed by atoms with E-state index in [2.05, 4.69) is 6.92 Å². The molecule has 12 heteroatoms. The molecule has 7 N–H and O–H groups in total. The van der Waals surface area contributed by atoms with Crippen LogP contribution >= 0.6 is 0 Å². The van der Waals surface area contributed by atoms with Gasteiger partial charge >= 0.3 is 0 Å². The molecule has 0 aliphatic rings. The van der Waals surface area contributed by atoms with Crippen molar-refractivity contribution in [3.63, 3.8) is 0 Å². The van der Waals surface area contributed by atoms with E-state index >= 15 is 0 Å². The number of aliphatic hydroxyl groups is 3. The maximum atomic E-state index is 8.99. The monoisotopic (exact) mass is 897 g/mol. The Morgan fingerprint density at radius 1 is 0.388 bits per heavy atom. The minimum absolute atomic E-state index is 0. The van der Waals surface area contributed by atoms with E-state index in [-0.39, 0.29) is 111 Å². The molecule has 0 aromatic heterocycles. The first-order valence-electron chi connectivity index (χ1n) is 15.5. The van der Waals surface area contributed by atoms with Crippen molar-refractivity contribution in [3.05, 3.63) is 97.1 Å².